The summed E-state index contributed by atoms with van der Waals surface area (Å²) in [5.41, 5.74) is -1.52. The summed E-state index contributed by atoms with van der Waals surface area (Å²) >= 11 is 0. The zero-order valence-electron chi connectivity index (χ0n) is 8.10. The molecule has 0 aliphatic heterocycles. The molecule has 1 aromatic carbocycles. The molecule has 0 aromatic heterocycles. The highest BCUT2D eigenvalue weighted by molar-refractivity contribution is 5.98. The first-order valence-corrected chi connectivity index (χ1v) is 4.02. The van der Waals surface area contributed by atoms with Crippen LogP contribution in [0.4, 0.5) is 10.1 Å². The van der Waals surface area contributed by atoms with E-state index in [2.05, 4.69) is 4.74 Å². The highest BCUT2D eigenvalue weighted by Gasteiger charge is 2.22. The molecule has 0 saturated heterocycles. The Hall–Kier alpha value is -2.31. The molecule has 0 heterocycles. The van der Waals surface area contributed by atoms with Gasteiger partial charge in [0.15, 0.2) is 6.29 Å². The monoisotopic (exact) mass is 227 g/mol. The van der Waals surface area contributed by atoms with Crippen molar-refractivity contribution in [2.75, 3.05) is 7.11 Å². The van der Waals surface area contributed by atoms with Crippen LogP contribution in [0.25, 0.3) is 0 Å². The second kappa shape index (κ2) is 4.47. The Morgan fingerprint density at radius 3 is 2.62 bits per heavy atom. The highest BCUT2D eigenvalue weighted by atomic mass is 19.1. The molecule has 0 aliphatic rings. The van der Waals surface area contributed by atoms with Crippen molar-refractivity contribution < 1.29 is 23.6 Å². The number of hydrogen-bond acceptors (Lipinski definition) is 5. The fourth-order valence-corrected chi connectivity index (χ4v) is 1.10. The SMILES string of the molecule is COC(=O)c1cc([N+](=O)[O-])c(F)cc1C=O. The maximum absolute atomic E-state index is 13.1. The Morgan fingerprint density at radius 1 is 1.56 bits per heavy atom. The van der Waals surface area contributed by atoms with Crippen LogP contribution in [0.2, 0.25) is 0 Å². The van der Waals surface area contributed by atoms with E-state index in [-0.39, 0.29) is 17.4 Å². The highest BCUT2D eigenvalue weighted by Crippen LogP contribution is 2.22. The predicted molar refractivity (Wildman–Crippen MR) is 49.8 cm³/mol. The number of nitrogens with zero attached hydrogens (tertiary/aromatic N) is 1. The summed E-state index contributed by atoms with van der Waals surface area (Å²) in [6, 6.07) is 1.29. The van der Waals surface area contributed by atoms with Crippen LogP contribution in [0.1, 0.15) is 20.7 Å². The van der Waals surface area contributed by atoms with E-state index in [0.717, 1.165) is 7.11 Å². The lowest BCUT2D eigenvalue weighted by Crippen LogP contribution is -2.07. The van der Waals surface area contributed by atoms with Gasteiger partial charge < -0.3 is 4.74 Å². The first kappa shape index (κ1) is 11.8. The average Bonchev–Trinajstić information content (AvgIpc) is 2.27. The van der Waals surface area contributed by atoms with Gasteiger partial charge in [-0.25, -0.2) is 4.79 Å². The maximum atomic E-state index is 13.1. The van der Waals surface area contributed by atoms with E-state index in [4.69, 9.17) is 0 Å². The lowest BCUT2D eigenvalue weighted by atomic mass is 10.1. The van der Waals surface area contributed by atoms with Crippen LogP contribution < -0.4 is 0 Å². The summed E-state index contributed by atoms with van der Waals surface area (Å²) in [5, 5.41) is 10.4. The Morgan fingerprint density at radius 2 is 2.19 bits per heavy atom. The number of hydrogen-bond donors (Lipinski definition) is 0. The van der Waals surface area contributed by atoms with Gasteiger partial charge in [0, 0.05) is 11.6 Å². The van der Waals surface area contributed by atoms with E-state index in [1.807, 2.05) is 0 Å². The molecule has 16 heavy (non-hydrogen) atoms. The molecule has 0 saturated carbocycles. The van der Waals surface area contributed by atoms with Crippen molar-refractivity contribution in [2.45, 2.75) is 0 Å². The Balaban J connectivity index is 3.46. The molecule has 6 nitrogen and oxygen atoms in total. The number of ether oxygens (including phenoxy) is 1. The second-order valence-corrected chi connectivity index (χ2v) is 2.76. The van der Waals surface area contributed by atoms with Crippen LogP contribution in [-0.2, 0) is 4.74 Å². The first-order valence-electron chi connectivity index (χ1n) is 4.02. The normalized spacial score (nSPS) is 9.62. The van der Waals surface area contributed by atoms with Crippen molar-refractivity contribution >= 4 is 17.9 Å². The van der Waals surface area contributed by atoms with Gasteiger partial charge in [-0.3, -0.25) is 14.9 Å². The Kier molecular flexibility index (Phi) is 3.29. The topological polar surface area (TPSA) is 86.5 Å². The van der Waals surface area contributed by atoms with Crippen molar-refractivity contribution in [2.24, 2.45) is 0 Å². The van der Waals surface area contributed by atoms with Crippen molar-refractivity contribution in [3.8, 4) is 0 Å². The second-order valence-electron chi connectivity index (χ2n) is 2.76. The average molecular weight is 227 g/mol. The minimum Gasteiger partial charge on any atom is -0.465 e. The van der Waals surface area contributed by atoms with E-state index >= 15 is 0 Å². The van der Waals surface area contributed by atoms with Gasteiger partial charge in [0.05, 0.1) is 17.6 Å². The molecule has 0 spiro atoms. The molecule has 1 aromatic rings. The molecule has 84 valence electrons. The maximum Gasteiger partial charge on any atom is 0.338 e. The molecule has 0 unspecified atom stereocenters. The number of halogens is 1. The number of carbonyl (C=O) groups excluding carboxylic acids is 2. The van der Waals surface area contributed by atoms with E-state index in [1.165, 1.54) is 0 Å². The summed E-state index contributed by atoms with van der Waals surface area (Å²) in [6.45, 7) is 0. The summed E-state index contributed by atoms with van der Waals surface area (Å²) in [6.07, 6.45) is 0.221. The third kappa shape index (κ3) is 2.02. The molecule has 1 rings (SSSR count). The van der Waals surface area contributed by atoms with Crippen LogP contribution in [0.5, 0.6) is 0 Å². The minimum absolute atomic E-state index is 0.221. The lowest BCUT2D eigenvalue weighted by Gasteiger charge is -2.03. The van der Waals surface area contributed by atoms with E-state index in [0.29, 0.717) is 12.1 Å². The third-order valence-electron chi connectivity index (χ3n) is 1.85. The number of esters is 1. The first-order chi connectivity index (χ1) is 7.51. The Labute approximate surface area is 88.8 Å². The van der Waals surface area contributed by atoms with Crippen molar-refractivity contribution in [1.82, 2.24) is 0 Å². The molecular formula is C9H6FNO5. The van der Waals surface area contributed by atoms with Gasteiger partial charge >= 0.3 is 11.7 Å². The lowest BCUT2D eigenvalue weighted by molar-refractivity contribution is -0.387. The fourth-order valence-electron chi connectivity index (χ4n) is 1.10. The Bertz CT molecular complexity index is 471. The number of benzene rings is 1. The smallest absolute Gasteiger partial charge is 0.338 e. The third-order valence-corrected chi connectivity index (χ3v) is 1.85. The van der Waals surface area contributed by atoms with Crippen molar-refractivity contribution in [1.29, 1.82) is 0 Å². The standard InChI is InChI=1S/C9H6FNO5/c1-16-9(13)6-3-8(11(14)15)7(10)2-5(6)4-12/h2-4H,1H3. The van der Waals surface area contributed by atoms with Crippen molar-refractivity contribution in [3.63, 3.8) is 0 Å². The largest absolute Gasteiger partial charge is 0.465 e. The zero-order valence-corrected chi connectivity index (χ0v) is 8.10. The van der Waals surface area contributed by atoms with Gasteiger partial charge in [-0.05, 0) is 6.07 Å². The van der Waals surface area contributed by atoms with Crippen LogP contribution in [0.15, 0.2) is 12.1 Å². The van der Waals surface area contributed by atoms with E-state index < -0.39 is 22.4 Å². The number of methoxy groups -OCH3 is 1. The summed E-state index contributed by atoms with van der Waals surface area (Å²) < 4.78 is 17.4. The van der Waals surface area contributed by atoms with Crippen LogP contribution in [0, 0.1) is 15.9 Å². The van der Waals surface area contributed by atoms with Gasteiger partial charge in [-0.1, -0.05) is 0 Å². The molecule has 0 fully saturated rings. The van der Waals surface area contributed by atoms with Gasteiger partial charge in [0.2, 0.25) is 5.82 Å². The van der Waals surface area contributed by atoms with Crippen LogP contribution >= 0.6 is 0 Å². The van der Waals surface area contributed by atoms with E-state index in [9.17, 15) is 24.1 Å². The van der Waals surface area contributed by atoms with Crippen LogP contribution in [-0.4, -0.2) is 24.3 Å². The van der Waals surface area contributed by atoms with Gasteiger partial charge in [-0.2, -0.15) is 4.39 Å². The van der Waals surface area contributed by atoms with Gasteiger partial charge in [-0.15, -0.1) is 0 Å². The summed E-state index contributed by atoms with van der Waals surface area (Å²) in [4.78, 5) is 31.1. The zero-order chi connectivity index (χ0) is 12.3. The fraction of sp³-hybridized carbons (Fsp3) is 0.111. The predicted octanol–water partition coefficient (Wildman–Crippen LogP) is 1.33. The number of nitro groups is 1. The van der Waals surface area contributed by atoms with Crippen molar-refractivity contribution in [3.05, 3.63) is 39.2 Å². The number of carbonyl (C=O) groups is 2. The quantitative estimate of drug-likeness (QED) is 0.336. The summed E-state index contributed by atoms with van der Waals surface area (Å²) in [7, 11) is 1.05. The molecule has 0 bridgehead atoms. The van der Waals surface area contributed by atoms with Crippen LogP contribution in [0.3, 0.4) is 0 Å². The molecule has 0 N–H and O–H groups in total. The molecule has 0 amide bonds. The minimum atomic E-state index is -1.18. The molecule has 0 atom stereocenters. The molecule has 7 heteroatoms. The number of rotatable bonds is 3. The number of aldehydes is 1. The molecule has 0 radical (unpaired) electrons. The molecular weight excluding hydrogens is 221 g/mol. The summed E-state index contributed by atoms with van der Waals surface area (Å²) in [5.74, 6) is -2.12. The van der Waals surface area contributed by atoms with E-state index in [1.54, 1.807) is 0 Å². The molecule has 0 aliphatic carbocycles. The van der Waals surface area contributed by atoms with Gasteiger partial charge in [0.25, 0.3) is 0 Å². The number of nitro benzene ring substituents is 1. The van der Waals surface area contributed by atoms with Gasteiger partial charge in [0.1, 0.15) is 0 Å².